The van der Waals surface area contributed by atoms with Gasteiger partial charge in [0.1, 0.15) is 6.33 Å². The second-order valence-electron chi connectivity index (χ2n) is 5.06. The molecule has 146 valence electrons. The van der Waals surface area contributed by atoms with E-state index in [4.69, 9.17) is 0 Å². The lowest BCUT2D eigenvalue weighted by Gasteiger charge is -2.13. The highest BCUT2D eigenvalue weighted by Crippen LogP contribution is 2.36. The van der Waals surface area contributed by atoms with Crippen molar-refractivity contribution in [1.29, 1.82) is 0 Å². The van der Waals surface area contributed by atoms with Gasteiger partial charge in [0.05, 0.1) is 23.4 Å². The summed E-state index contributed by atoms with van der Waals surface area (Å²) in [7, 11) is 0. The van der Waals surface area contributed by atoms with Crippen LogP contribution in [-0.4, -0.2) is 26.9 Å². The zero-order chi connectivity index (χ0) is 20.4. The van der Waals surface area contributed by atoms with Gasteiger partial charge in [-0.3, -0.25) is 4.57 Å². The highest BCUT2D eigenvalue weighted by Gasteiger charge is 2.37. The molecule has 0 aliphatic carbocycles. The van der Waals surface area contributed by atoms with Crippen molar-refractivity contribution in [3.8, 4) is 5.69 Å². The molecule has 0 spiro atoms. The molecule has 0 atom stereocenters. The number of esters is 1. The van der Waals surface area contributed by atoms with Gasteiger partial charge in [0.15, 0.2) is 0 Å². The topological polar surface area (TPSA) is 66.1 Å². The molecule has 0 radical (unpaired) electrons. The van der Waals surface area contributed by atoms with Gasteiger partial charge in [-0.1, -0.05) is 0 Å². The summed E-state index contributed by atoms with van der Waals surface area (Å²) in [6.45, 7) is 1.61. The summed E-state index contributed by atoms with van der Waals surface area (Å²) in [5.41, 5.74) is -4.99. The van der Waals surface area contributed by atoms with Gasteiger partial charge in [-0.25, -0.2) is 9.59 Å². The monoisotopic (exact) mass is 395 g/mol. The maximum atomic E-state index is 12.9. The average Bonchev–Trinajstić information content (AvgIpc) is 2.92. The van der Waals surface area contributed by atoms with Crippen molar-refractivity contribution in [2.24, 2.45) is 0 Å². The Morgan fingerprint density at radius 3 is 2.15 bits per heavy atom. The molecule has 0 N–H and O–H groups in total. The maximum absolute atomic E-state index is 12.9. The standard InChI is InChI=1S/C15H11F6N3O3/c1-2-27-12(25)3-4-23-8-22-24(13(23)26)11-6-9(14(16,17)18)5-10(7-11)15(19,20)21/h3-8H,2H2,1H3/b4-3-. The summed E-state index contributed by atoms with van der Waals surface area (Å²) in [6.07, 6.45) is -7.53. The molecule has 1 heterocycles. The van der Waals surface area contributed by atoms with E-state index in [9.17, 15) is 35.9 Å². The average molecular weight is 395 g/mol. The number of aromatic nitrogens is 3. The lowest BCUT2D eigenvalue weighted by Crippen LogP contribution is -2.22. The number of halogens is 6. The zero-order valence-electron chi connectivity index (χ0n) is 13.5. The van der Waals surface area contributed by atoms with E-state index in [1.807, 2.05) is 0 Å². The minimum atomic E-state index is -5.06. The molecule has 0 saturated carbocycles. The maximum Gasteiger partial charge on any atom is 0.416 e. The summed E-state index contributed by atoms with van der Waals surface area (Å²) in [6, 6.07) is 0.665. The number of hydrogen-bond donors (Lipinski definition) is 0. The number of rotatable bonds is 4. The van der Waals surface area contributed by atoms with Crippen molar-refractivity contribution < 1.29 is 35.9 Å². The predicted octanol–water partition coefficient (Wildman–Crippen LogP) is 3.11. The van der Waals surface area contributed by atoms with Gasteiger partial charge in [0.2, 0.25) is 0 Å². The third kappa shape index (κ3) is 4.77. The van der Waals surface area contributed by atoms with Gasteiger partial charge in [-0.2, -0.15) is 36.1 Å². The molecule has 12 heteroatoms. The first-order valence-electron chi connectivity index (χ1n) is 7.24. The van der Waals surface area contributed by atoms with Gasteiger partial charge < -0.3 is 4.74 Å². The SMILES string of the molecule is CCOC(=O)/C=C\n1cnn(-c2cc(C(F)(F)F)cc(C(F)(F)F)c2)c1=O. The molecule has 0 fully saturated rings. The predicted molar refractivity (Wildman–Crippen MR) is 79.8 cm³/mol. The lowest BCUT2D eigenvalue weighted by molar-refractivity contribution is -0.143. The first kappa shape index (κ1) is 20.3. The Morgan fingerprint density at radius 2 is 1.67 bits per heavy atom. The molecule has 2 aromatic rings. The number of carbonyl (C=O) groups excluding carboxylic acids is 1. The van der Waals surface area contributed by atoms with Crippen molar-refractivity contribution in [2.75, 3.05) is 6.61 Å². The minimum absolute atomic E-state index is 0.0633. The minimum Gasteiger partial charge on any atom is -0.463 e. The van der Waals surface area contributed by atoms with Crippen LogP contribution in [0.25, 0.3) is 11.9 Å². The number of nitrogens with zero attached hydrogens (tertiary/aromatic N) is 3. The largest absolute Gasteiger partial charge is 0.463 e. The Balaban J connectivity index is 2.53. The highest BCUT2D eigenvalue weighted by molar-refractivity contribution is 5.84. The molecular weight excluding hydrogens is 384 g/mol. The first-order chi connectivity index (χ1) is 12.4. The van der Waals surface area contributed by atoms with E-state index in [1.165, 1.54) is 0 Å². The molecular formula is C15H11F6N3O3. The van der Waals surface area contributed by atoms with Crippen molar-refractivity contribution >= 4 is 12.2 Å². The fourth-order valence-corrected chi connectivity index (χ4v) is 1.99. The molecule has 0 aliphatic rings. The third-order valence-electron chi connectivity index (χ3n) is 3.17. The van der Waals surface area contributed by atoms with Gasteiger partial charge in [-0.15, -0.1) is 0 Å². The molecule has 0 aliphatic heterocycles. The van der Waals surface area contributed by atoms with E-state index in [0.29, 0.717) is 21.4 Å². The summed E-state index contributed by atoms with van der Waals surface area (Å²) in [5.74, 6) is -0.796. The van der Waals surface area contributed by atoms with Crippen molar-refractivity contribution in [3.05, 3.63) is 52.2 Å². The lowest BCUT2D eigenvalue weighted by atomic mass is 10.1. The first-order valence-corrected chi connectivity index (χ1v) is 7.24. The van der Waals surface area contributed by atoms with Gasteiger partial charge in [0, 0.05) is 12.3 Å². The number of benzene rings is 1. The van der Waals surface area contributed by atoms with Crippen LogP contribution < -0.4 is 5.69 Å². The Bertz CT molecular complexity index is 892. The number of carbonyl (C=O) groups is 1. The third-order valence-corrected chi connectivity index (χ3v) is 3.17. The number of hydrogen-bond acceptors (Lipinski definition) is 4. The molecule has 0 amide bonds. The van der Waals surface area contributed by atoms with Gasteiger partial charge >= 0.3 is 24.0 Å². The van der Waals surface area contributed by atoms with Crippen LogP contribution in [0.2, 0.25) is 0 Å². The Morgan fingerprint density at radius 1 is 1.11 bits per heavy atom. The van der Waals surface area contributed by atoms with Crippen LogP contribution in [0.4, 0.5) is 26.3 Å². The van der Waals surface area contributed by atoms with Crippen LogP contribution in [0, 0.1) is 0 Å². The molecule has 6 nitrogen and oxygen atoms in total. The summed E-state index contributed by atoms with van der Waals surface area (Å²) in [4.78, 5) is 23.4. The molecule has 2 rings (SSSR count). The van der Waals surface area contributed by atoms with E-state index >= 15 is 0 Å². The Kier molecular flexibility index (Phi) is 5.47. The van der Waals surface area contributed by atoms with Crippen LogP contribution in [0.5, 0.6) is 0 Å². The second-order valence-corrected chi connectivity index (χ2v) is 5.06. The molecule has 0 saturated heterocycles. The molecule has 27 heavy (non-hydrogen) atoms. The van der Waals surface area contributed by atoms with E-state index in [2.05, 4.69) is 9.84 Å². The zero-order valence-corrected chi connectivity index (χ0v) is 13.5. The molecule has 0 bridgehead atoms. The number of alkyl halides is 6. The van der Waals surface area contributed by atoms with Gasteiger partial charge in [-0.05, 0) is 25.1 Å². The van der Waals surface area contributed by atoms with Crippen LogP contribution >= 0.6 is 0 Å². The fourth-order valence-electron chi connectivity index (χ4n) is 1.99. The van der Waals surface area contributed by atoms with E-state index < -0.39 is 40.8 Å². The number of ether oxygens (including phenoxy) is 1. The van der Waals surface area contributed by atoms with E-state index in [1.54, 1.807) is 6.92 Å². The molecule has 1 aromatic heterocycles. The van der Waals surface area contributed by atoms with Crippen molar-refractivity contribution in [3.63, 3.8) is 0 Å². The molecule has 1 aromatic carbocycles. The Labute approximate surface area is 147 Å². The quantitative estimate of drug-likeness (QED) is 0.453. The molecule has 0 unspecified atom stereocenters. The summed E-state index contributed by atoms with van der Waals surface area (Å²) >= 11 is 0. The van der Waals surface area contributed by atoms with Crippen LogP contribution in [0.1, 0.15) is 18.1 Å². The van der Waals surface area contributed by atoms with Gasteiger partial charge in [0.25, 0.3) is 0 Å². The highest BCUT2D eigenvalue weighted by atomic mass is 19.4. The van der Waals surface area contributed by atoms with Crippen LogP contribution in [-0.2, 0) is 21.9 Å². The van der Waals surface area contributed by atoms with Crippen LogP contribution in [0.15, 0.2) is 35.4 Å². The Hall–Kier alpha value is -3.05. The fraction of sp³-hybridized carbons (Fsp3) is 0.267. The van der Waals surface area contributed by atoms with E-state index in [-0.39, 0.29) is 12.7 Å². The second kappa shape index (κ2) is 7.29. The normalized spacial score (nSPS) is 12.6. The summed E-state index contributed by atoms with van der Waals surface area (Å²) in [5, 5.41) is 3.49. The van der Waals surface area contributed by atoms with Crippen molar-refractivity contribution in [1.82, 2.24) is 14.3 Å². The summed E-state index contributed by atoms with van der Waals surface area (Å²) < 4.78 is 83.0. The van der Waals surface area contributed by atoms with Crippen molar-refractivity contribution in [2.45, 2.75) is 19.3 Å². The smallest absolute Gasteiger partial charge is 0.416 e. The van der Waals surface area contributed by atoms with Crippen LogP contribution in [0.3, 0.4) is 0 Å². The van der Waals surface area contributed by atoms with E-state index in [0.717, 1.165) is 18.6 Å².